The van der Waals surface area contributed by atoms with Crippen LogP contribution in [0.3, 0.4) is 0 Å². The van der Waals surface area contributed by atoms with Gasteiger partial charge in [0.25, 0.3) is 0 Å². The molecule has 1 unspecified atom stereocenters. The van der Waals surface area contributed by atoms with Crippen molar-refractivity contribution in [2.24, 2.45) is 17.6 Å². The Morgan fingerprint density at radius 3 is 2.83 bits per heavy atom. The van der Waals surface area contributed by atoms with E-state index < -0.39 is 0 Å². The molecular weight excluding hydrogens is 226 g/mol. The van der Waals surface area contributed by atoms with Crippen molar-refractivity contribution in [2.75, 3.05) is 26.2 Å². The molecule has 2 fully saturated rings. The Morgan fingerprint density at radius 2 is 2.22 bits per heavy atom. The van der Waals surface area contributed by atoms with E-state index in [1.807, 2.05) is 0 Å². The van der Waals surface area contributed by atoms with Crippen LogP contribution in [0, 0.1) is 11.8 Å². The number of nitrogens with zero attached hydrogens (tertiary/aromatic N) is 1. The summed E-state index contributed by atoms with van der Waals surface area (Å²) in [4.78, 5) is 14.9. The van der Waals surface area contributed by atoms with Crippen molar-refractivity contribution in [1.29, 1.82) is 0 Å². The first-order valence-corrected chi connectivity index (χ1v) is 7.49. The Hall–Kier alpha value is -0.610. The number of nitrogens with two attached hydrogens (primary N) is 1. The second-order valence-electron chi connectivity index (χ2n) is 5.71. The van der Waals surface area contributed by atoms with Crippen LogP contribution in [0.5, 0.6) is 0 Å². The molecule has 4 nitrogen and oxygen atoms in total. The van der Waals surface area contributed by atoms with Crippen LogP contribution >= 0.6 is 0 Å². The van der Waals surface area contributed by atoms with Gasteiger partial charge < -0.3 is 16.0 Å². The molecule has 3 N–H and O–H groups in total. The molecule has 0 bridgehead atoms. The number of rotatable bonds is 5. The predicted molar refractivity (Wildman–Crippen MR) is 73.2 cm³/mol. The van der Waals surface area contributed by atoms with E-state index in [1.165, 1.54) is 6.42 Å². The van der Waals surface area contributed by atoms with Gasteiger partial charge >= 0.3 is 0 Å². The summed E-state index contributed by atoms with van der Waals surface area (Å²) in [6.07, 6.45) is 5.49. The maximum Gasteiger partial charge on any atom is 0.226 e. The van der Waals surface area contributed by atoms with Gasteiger partial charge in [-0.2, -0.15) is 0 Å². The van der Waals surface area contributed by atoms with E-state index in [9.17, 15) is 4.79 Å². The third kappa shape index (κ3) is 2.86. The molecule has 0 aromatic carbocycles. The molecule has 2 rings (SSSR count). The molecule has 1 saturated carbocycles. The van der Waals surface area contributed by atoms with Crippen LogP contribution in [0.1, 0.15) is 39.0 Å². The molecule has 0 aromatic heterocycles. The number of hydrogen-bond donors (Lipinski definition) is 2. The second-order valence-corrected chi connectivity index (χ2v) is 5.71. The van der Waals surface area contributed by atoms with Gasteiger partial charge in [-0.15, -0.1) is 0 Å². The monoisotopic (exact) mass is 253 g/mol. The second kappa shape index (κ2) is 6.53. The molecule has 1 heterocycles. The van der Waals surface area contributed by atoms with E-state index in [4.69, 9.17) is 5.73 Å². The fourth-order valence-electron chi connectivity index (χ4n) is 3.48. The van der Waals surface area contributed by atoms with E-state index >= 15 is 0 Å². The molecule has 1 amide bonds. The molecule has 1 aliphatic carbocycles. The van der Waals surface area contributed by atoms with Gasteiger partial charge in [0, 0.05) is 25.0 Å². The molecule has 104 valence electrons. The van der Waals surface area contributed by atoms with Gasteiger partial charge in [0.05, 0.1) is 0 Å². The van der Waals surface area contributed by atoms with Gasteiger partial charge in [-0.1, -0.05) is 13.3 Å². The van der Waals surface area contributed by atoms with Crippen LogP contribution in [0.15, 0.2) is 0 Å². The van der Waals surface area contributed by atoms with E-state index in [-0.39, 0.29) is 5.92 Å². The first kappa shape index (κ1) is 13.8. The van der Waals surface area contributed by atoms with Crippen molar-refractivity contribution < 1.29 is 4.79 Å². The number of amides is 1. The van der Waals surface area contributed by atoms with Gasteiger partial charge in [-0.05, 0) is 44.7 Å². The average Bonchev–Trinajstić information content (AvgIpc) is 3.05. The zero-order valence-electron chi connectivity index (χ0n) is 11.5. The fraction of sp³-hybridized carbons (Fsp3) is 0.929. The highest BCUT2D eigenvalue weighted by Crippen LogP contribution is 2.33. The Kier molecular flexibility index (Phi) is 5.01. The molecule has 2 aliphatic rings. The van der Waals surface area contributed by atoms with Crippen molar-refractivity contribution >= 4 is 5.91 Å². The summed E-state index contributed by atoms with van der Waals surface area (Å²) in [7, 11) is 0. The maximum atomic E-state index is 12.7. The fourth-order valence-corrected chi connectivity index (χ4v) is 3.48. The predicted octanol–water partition coefficient (Wildman–Crippen LogP) is 0.962. The number of carbonyl (C=O) groups is 1. The molecule has 0 aromatic rings. The molecule has 3 atom stereocenters. The zero-order valence-corrected chi connectivity index (χ0v) is 11.5. The molecule has 0 radical (unpaired) electrons. The van der Waals surface area contributed by atoms with Crippen molar-refractivity contribution in [3.8, 4) is 0 Å². The van der Waals surface area contributed by atoms with Crippen molar-refractivity contribution in [3.05, 3.63) is 0 Å². The zero-order chi connectivity index (χ0) is 13.0. The van der Waals surface area contributed by atoms with E-state index in [1.54, 1.807) is 0 Å². The van der Waals surface area contributed by atoms with Crippen LogP contribution < -0.4 is 11.1 Å². The van der Waals surface area contributed by atoms with E-state index in [0.717, 1.165) is 45.3 Å². The first-order chi connectivity index (χ1) is 8.77. The highest BCUT2D eigenvalue weighted by molar-refractivity contribution is 5.80. The smallest absolute Gasteiger partial charge is 0.226 e. The van der Waals surface area contributed by atoms with E-state index in [2.05, 4.69) is 17.1 Å². The first-order valence-electron chi connectivity index (χ1n) is 7.49. The summed E-state index contributed by atoms with van der Waals surface area (Å²) >= 11 is 0. The SMILES string of the molecule is CCCN(C(=O)[C@@H]1CCC[C@@H]1CN)C1CCNC1. The molecular formula is C14H27N3O. The summed E-state index contributed by atoms with van der Waals surface area (Å²) in [6.45, 7) is 5.73. The van der Waals surface area contributed by atoms with Crippen LogP contribution in [0.25, 0.3) is 0 Å². The van der Waals surface area contributed by atoms with Gasteiger partial charge in [-0.25, -0.2) is 0 Å². The van der Waals surface area contributed by atoms with Crippen molar-refractivity contribution in [1.82, 2.24) is 10.2 Å². The molecule has 1 aliphatic heterocycles. The lowest BCUT2D eigenvalue weighted by atomic mass is 9.94. The highest BCUT2D eigenvalue weighted by atomic mass is 16.2. The quantitative estimate of drug-likeness (QED) is 0.767. The van der Waals surface area contributed by atoms with Gasteiger partial charge in [0.2, 0.25) is 5.91 Å². The lowest BCUT2D eigenvalue weighted by Gasteiger charge is -2.32. The molecule has 1 saturated heterocycles. The lowest BCUT2D eigenvalue weighted by Crippen LogP contribution is -2.46. The largest absolute Gasteiger partial charge is 0.338 e. The van der Waals surface area contributed by atoms with Crippen LogP contribution in [0.4, 0.5) is 0 Å². The normalized spacial score (nSPS) is 31.8. The summed E-state index contributed by atoms with van der Waals surface area (Å²) in [5, 5.41) is 3.36. The minimum absolute atomic E-state index is 0.196. The summed E-state index contributed by atoms with van der Waals surface area (Å²) in [5.74, 6) is 0.992. The minimum Gasteiger partial charge on any atom is -0.338 e. The summed E-state index contributed by atoms with van der Waals surface area (Å²) in [5.41, 5.74) is 5.81. The average molecular weight is 253 g/mol. The van der Waals surface area contributed by atoms with Crippen LogP contribution in [-0.4, -0.2) is 43.0 Å². The summed E-state index contributed by atoms with van der Waals surface area (Å²) in [6, 6.07) is 0.413. The Balaban J connectivity index is 2.02. The maximum absolute atomic E-state index is 12.7. The topological polar surface area (TPSA) is 58.4 Å². The molecule has 0 spiro atoms. The number of nitrogens with one attached hydrogen (secondary N) is 1. The molecule has 4 heteroatoms. The van der Waals surface area contributed by atoms with Gasteiger partial charge in [-0.3, -0.25) is 4.79 Å². The summed E-state index contributed by atoms with van der Waals surface area (Å²) < 4.78 is 0. The number of carbonyl (C=O) groups excluding carboxylic acids is 1. The Bertz CT molecular complexity index is 276. The minimum atomic E-state index is 0.196. The van der Waals surface area contributed by atoms with Gasteiger partial charge in [0.1, 0.15) is 0 Å². The standard InChI is InChI=1S/C14H27N3O/c1-2-8-17(12-6-7-16-10-12)14(18)13-5-3-4-11(13)9-15/h11-13,16H,2-10,15H2,1H3/t11-,12?,13-/m1/s1. The van der Waals surface area contributed by atoms with Crippen molar-refractivity contribution in [3.63, 3.8) is 0 Å². The lowest BCUT2D eigenvalue weighted by molar-refractivity contribution is -0.138. The van der Waals surface area contributed by atoms with Crippen molar-refractivity contribution in [2.45, 2.75) is 45.1 Å². The van der Waals surface area contributed by atoms with Crippen LogP contribution in [-0.2, 0) is 4.79 Å². The van der Waals surface area contributed by atoms with Gasteiger partial charge in [0.15, 0.2) is 0 Å². The Labute approximate surface area is 110 Å². The molecule has 18 heavy (non-hydrogen) atoms. The van der Waals surface area contributed by atoms with E-state index in [0.29, 0.717) is 24.4 Å². The van der Waals surface area contributed by atoms with Crippen LogP contribution in [0.2, 0.25) is 0 Å². The number of hydrogen-bond acceptors (Lipinski definition) is 3. The highest BCUT2D eigenvalue weighted by Gasteiger charge is 2.37. The third-order valence-corrected chi connectivity index (χ3v) is 4.50. The third-order valence-electron chi connectivity index (χ3n) is 4.50. The Morgan fingerprint density at radius 1 is 1.39 bits per heavy atom.